The van der Waals surface area contributed by atoms with Crippen LogP contribution in [-0.2, 0) is 32.0 Å². The van der Waals surface area contributed by atoms with Gasteiger partial charge in [-0.25, -0.2) is 0 Å². The highest BCUT2D eigenvalue weighted by Crippen LogP contribution is 2.24. The van der Waals surface area contributed by atoms with E-state index in [0.717, 1.165) is 30.4 Å². The normalized spacial score (nSPS) is 13.7. The van der Waals surface area contributed by atoms with Crippen molar-refractivity contribution in [3.05, 3.63) is 89.5 Å². The van der Waals surface area contributed by atoms with Crippen LogP contribution >= 0.6 is 0 Å². The average molecular weight is 813 g/mol. The molecule has 0 heterocycles. The number of hydrogen-bond donors (Lipinski definition) is 7. The zero-order chi connectivity index (χ0) is 43.3. The molecule has 0 saturated carbocycles. The molecule has 0 saturated heterocycles. The zero-order valence-corrected chi connectivity index (χ0v) is 35.0. The molecule has 0 aliphatic rings. The standard InChI is InChI=1S/C46H65BN4O8/c1-4-5-10-33-13-17-35(18-14-33)36-19-21-37(22-20-36)42(53)30-38(11-6-8-25-48)46(57)51-41(29-34-15-23-39(52)24-16-34)43(54)27-31(2)45(56)50-40(12-7-9-26-49)44(55)28-32(3)47(58)59/h13-24,31-32,38,40-41,52,58-59H,4-12,25-30,48-49H2,1-3H3,(H,50,56)(H,51,57)/t31-,32-,38-,40+,41+/m1/s1. The molecule has 3 aromatic rings. The molecule has 0 spiro atoms. The van der Waals surface area contributed by atoms with E-state index in [0.29, 0.717) is 62.7 Å². The third-order valence-corrected chi connectivity index (χ3v) is 10.8. The maximum Gasteiger partial charge on any atom is 0.454 e. The van der Waals surface area contributed by atoms with Crippen LogP contribution in [0.3, 0.4) is 0 Å². The summed E-state index contributed by atoms with van der Waals surface area (Å²) in [5.41, 5.74) is 15.8. The molecule has 2 amide bonds. The van der Waals surface area contributed by atoms with Crippen molar-refractivity contribution in [3.8, 4) is 16.9 Å². The second-order valence-corrected chi connectivity index (χ2v) is 15.9. The van der Waals surface area contributed by atoms with Gasteiger partial charge < -0.3 is 37.3 Å². The first-order valence-electron chi connectivity index (χ1n) is 21.2. The van der Waals surface area contributed by atoms with Gasteiger partial charge in [-0.05, 0) is 105 Å². The maximum absolute atomic E-state index is 14.0. The molecule has 12 nitrogen and oxygen atoms in total. The van der Waals surface area contributed by atoms with Crippen LogP contribution in [0.15, 0.2) is 72.8 Å². The number of nitrogens with one attached hydrogen (secondary N) is 2. The van der Waals surface area contributed by atoms with Gasteiger partial charge in [0.05, 0.1) is 12.1 Å². The minimum atomic E-state index is -1.69. The first-order valence-corrected chi connectivity index (χ1v) is 21.2. The molecule has 0 radical (unpaired) electrons. The number of unbranched alkanes of at least 4 members (excludes halogenated alkanes) is 3. The molecule has 320 valence electrons. The predicted octanol–water partition coefficient (Wildman–Crippen LogP) is 5.48. The Labute approximate surface area is 350 Å². The number of hydrogen-bond acceptors (Lipinski definition) is 10. The SMILES string of the molecule is CCCCc1ccc(-c2ccc(C(=O)C[C@@H](CCCCN)C(=O)N[C@@H](Cc3ccc(O)cc3)C(=O)C[C@@H](C)C(=O)N[C@@H](CCCCN)C(=O)C[C@@H](C)B(O)O)cc2)cc1. The number of benzene rings is 3. The lowest BCUT2D eigenvalue weighted by atomic mass is 9.71. The van der Waals surface area contributed by atoms with E-state index >= 15 is 0 Å². The van der Waals surface area contributed by atoms with Crippen LogP contribution in [0.1, 0.15) is 113 Å². The number of ketones is 3. The lowest BCUT2D eigenvalue weighted by molar-refractivity contribution is -0.134. The Kier molecular flexibility index (Phi) is 21.2. The highest BCUT2D eigenvalue weighted by atomic mass is 16.4. The molecule has 3 aromatic carbocycles. The molecule has 5 atom stereocenters. The van der Waals surface area contributed by atoms with Gasteiger partial charge in [-0.15, -0.1) is 0 Å². The molecule has 13 heteroatoms. The summed E-state index contributed by atoms with van der Waals surface area (Å²) in [6, 6.07) is 20.1. The molecular weight excluding hydrogens is 747 g/mol. The molecular formula is C46H65BN4O8. The monoisotopic (exact) mass is 812 g/mol. The van der Waals surface area contributed by atoms with Crippen LogP contribution in [0.2, 0.25) is 5.82 Å². The highest BCUT2D eigenvalue weighted by molar-refractivity contribution is 6.43. The van der Waals surface area contributed by atoms with E-state index in [4.69, 9.17) is 11.5 Å². The number of aryl methyl sites for hydroxylation is 1. The molecule has 0 aliphatic carbocycles. The van der Waals surface area contributed by atoms with Crippen molar-refractivity contribution in [1.82, 2.24) is 10.6 Å². The van der Waals surface area contributed by atoms with Gasteiger partial charge in [-0.1, -0.05) is 94.3 Å². The summed E-state index contributed by atoms with van der Waals surface area (Å²) in [5, 5.41) is 34.6. The van der Waals surface area contributed by atoms with Crippen LogP contribution in [0, 0.1) is 11.8 Å². The van der Waals surface area contributed by atoms with Gasteiger partial charge >= 0.3 is 7.12 Å². The van der Waals surface area contributed by atoms with E-state index in [1.54, 1.807) is 31.2 Å². The molecule has 0 aliphatic heterocycles. The number of carbonyl (C=O) groups excluding carboxylic acids is 5. The van der Waals surface area contributed by atoms with Crippen LogP contribution in [0.25, 0.3) is 11.1 Å². The molecule has 9 N–H and O–H groups in total. The molecule has 0 fully saturated rings. The number of rotatable bonds is 28. The van der Waals surface area contributed by atoms with Gasteiger partial charge in [-0.2, -0.15) is 0 Å². The van der Waals surface area contributed by atoms with Gasteiger partial charge in [0.1, 0.15) is 5.75 Å². The number of Topliss-reactive ketones (excluding diaryl/α,β-unsaturated/α-hetero) is 3. The van der Waals surface area contributed by atoms with Crippen molar-refractivity contribution in [3.63, 3.8) is 0 Å². The zero-order valence-electron chi connectivity index (χ0n) is 35.0. The predicted molar refractivity (Wildman–Crippen MR) is 232 cm³/mol. The molecule has 0 unspecified atom stereocenters. The minimum Gasteiger partial charge on any atom is -0.508 e. The minimum absolute atomic E-state index is 0.0382. The van der Waals surface area contributed by atoms with Crippen molar-refractivity contribution in [2.75, 3.05) is 13.1 Å². The summed E-state index contributed by atoms with van der Waals surface area (Å²) < 4.78 is 0. The third kappa shape index (κ3) is 16.8. The van der Waals surface area contributed by atoms with Gasteiger partial charge in [0, 0.05) is 36.7 Å². The first kappa shape index (κ1) is 48.7. The quantitative estimate of drug-likeness (QED) is 0.0278. The third-order valence-electron chi connectivity index (χ3n) is 10.8. The summed E-state index contributed by atoms with van der Waals surface area (Å²) in [5.74, 6) is -4.30. The van der Waals surface area contributed by atoms with E-state index in [9.17, 15) is 39.1 Å². The Balaban J connectivity index is 1.77. The molecule has 3 rings (SSSR count). The summed E-state index contributed by atoms with van der Waals surface area (Å²) in [4.78, 5) is 68.2. The van der Waals surface area contributed by atoms with E-state index in [-0.39, 0.29) is 43.0 Å². The van der Waals surface area contributed by atoms with Crippen LogP contribution in [-0.4, -0.2) is 76.6 Å². The van der Waals surface area contributed by atoms with Gasteiger partial charge in [0.15, 0.2) is 17.3 Å². The van der Waals surface area contributed by atoms with Crippen molar-refractivity contribution < 1.29 is 39.1 Å². The van der Waals surface area contributed by atoms with Gasteiger partial charge in [0.25, 0.3) is 0 Å². The van der Waals surface area contributed by atoms with E-state index in [2.05, 4.69) is 41.8 Å². The van der Waals surface area contributed by atoms with Crippen molar-refractivity contribution in [1.29, 1.82) is 0 Å². The van der Waals surface area contributed by atoms with E-state index in [1.165, 1.54) is 24.6 Å². The smallest absolute Gasteiger partial charge is 0.454 e. The van der Waals surface area contributed by atoms with E-state index in [1.807, 2.05) is 12.1 Å². The molecule has 0 bridgehead atoms. The van der Waals surface area contributed by atoms with Gasteiger partial charge in [0.2, 0.25) is 11.8 Å². The average Bonchev–Trinajstić information content (AvgIpc) is 3.22. The summed E-state index contributed by atoms with van der Waals surface area (Å²) >= 11 is 0. The molecule has 0 aromatic heterocycles. The number of aromatic hydroxyl groups is 1. The lowest BCUT2D eigenvalue weighted by Crippen LogP contribution is -2.47. The van der Waals surface area contributed by atoms with Crippen LogP contribution in [0.5, 0.6) is 5.75 Å². The number of phenolic OH excluding ortho intramolecular Hbond substituents is 1. The van der Waals surface area contributed by atoms with Crippen LogP contribution in [0.4, 0.5) is 0 Å². The topological polar surface area (TPSA) is 222 Å². The Hall–Kier alpha value is -4.69. The molecule has 59 heavy (non-hydrogen) atoms. The summed E-state index contributed by atoms with van der Waals surface area (Å²) in [6.45, 7) is 6.09. The number of carbonyl (C=O) groups is 5. The van der Waals surface area contributed by atoms with Crippen molar-refractivity contribution in [2.45, 2.75) is 122 Å². The van der Waals surface area contributed by atoms with E-state index < -0.39 is 54.5 Å². The number of amides is 2. The van der Waals surface area contributed by atoms with Gasteiger partial charge in [-0.3, -0.25) is 24.0 Å². The number of nitrogens with two attached hydrogens (primary N) is 2. The number of phenols is 1. The maximum atomic E-state index is 14.0. The summed E-state index contributed by atoms with van der Waals surface area (Å²) in [6.07, 6.45) is 6.01. The lowest BCUT2D eigenvalue weighted by Gasteiger charge is -2.24. The highest BCUT2D eigenvalue weighted by Gasteiger charge is 2.32. The first-order chi connectivity index (χ1) is 28.3. The largest absolute Gasteiger partial charge is 0.508 e. The Bertz CT molecular complexity index is 1770. The van der Waals surface area contributed by atoms with Crippen molar-refractivity contribution in [2.24, 2.45) is 23.3 Å². The van der Waals surface area contributed by atoms with Crippen LogP contribution < -0.4 is 22.1 Å². The Morgan fingerprint density at radius 2 is 1.19 bits per heavy atom. The Morgan fingerprint density at radius 1 is 0.644 bits per heavy atom. The fourth-order valence-corrected chi connectivity index (χ4v) is 6.92. The Morgan fingerprint density at radius 3 is 1.76 bits per heavy atom. The summed E-state index contributed by atoms with van der Waals surface area (Å²) in [7, 11) is -1.69. The van der Waals surface area contributed by atoms with Crippen molar-refractivity contribution >= 4 is 36.3 Å². The fraction of sp³-hybridized carbons (Fsp3) is 0.500. The second-order valence-electron chi connectivity index (χ2n) is 15.9. The second kappa shape index (κ2) is 25.7. The fourth-order valence-electron chi connectivity index (χ4n) is 6.92.